The molecule has 0 amide bonds. The Balaban J connectivity index is 2.41. The van der Waals surface area contributed by atoms with Gasteiger partial charge in [0.05, 0.1) is 24.3 Å². The van der Waals surface area contributed by atoms with Crippen LogP contribution in [0.15, 0.2) is 48.5 Å². The fourth-order valence-corrected chi connectivity index (χ4v) is 5.50. The lowest BCUT2D eigenvalue weighted by molar-refractivity contribution is 0.410. The summed E-state index contributed by atoms with van der Waals surface area (Å²) in [5, 5.41) is 9.64. The third-order valence-corrected chi connectivity index (χ3v) is 7.12. The quantitative estimate of drug-likeness (QED) is 0.278. The van der Waals surface area contributed by atoms with Crippen molar-refractivity contribution in [2.45, 2.75) is 73.6 Å². The van der Waals surface area contributed by atoms with Gasteiger partial charge in [-0.25, -0.2) is 4.39 Å². The molecule has 0 heterocycles. The van der Waals surface area contributed by atoms with E-state index in [0.29, 0.717) is 28.7 Å². The Morgan fingerprint density at radius 2 is 1.59 bits per heavy atom. The SMILES string of the molecule is CCC(c1c(-c2cccc(CC(C)C)c2)cc(OC)c(-c2cc(C#N)ccc2CC(C)C)c1F)C(C)C. The zero-order valence-corrected chi connectivity index (χ0v) is 23.8. The highest BCUT2D eigenvalue weighted by Crippen LogP contribution is 2.46. The summed E-state index contributed by atoms with van der Waals surface area (Å²) in [7, 11) is 1.60. The number of hydrogen-bond donors (Lipinski definition) is 0. The molecule has 0 aromatic heterocycles. The topological polar surface area (TPSA) is 33.0 Å². The summed E-state index contributed by atoms with van der Waals surface area (Å²) < 4.78 is 22.9. The first-order chi connectivity index (χ1) is 17.6. The number of rotatable bonds is 10. The van der Waals surface area contributed by atoms with E-state index in [1.54, 1.807) is 7.11 Å². The number of benzene rings is 3. The first-order valence-electron chi connectivity index (χ1n) is 13.6. The van der Waals surface area contributed by atoms with Gasteiger partial charge in [-0.3, -0.25) is 0 Å². The van der Waals surface area contributed by atoms with Gasteiger partial charge >= 0.3 is 0 Å². The lowest BCUT2D eigenvalue weighted by Crippen LogP contribution is -2.12. The summed E-state index contributed by atoms with van der Waals surface area (Å²) in [5.41, 5.74) is 6.67. The van der Waals surface area contributed by atoms with Crippen LogP contribution in [0.1, 0.15) is 83.1 Å². The summed E-state index contributed by atoms with van der Waals surface area (Å²) in [4.78, 5) is 0. The van der Waals surface area contributed by atoms with Crippen molar-refractivity contribution in [3.05, 3.63) is 76.6 Å². The molecule has 3 heteroatoms. The van der Waals surface area contributed by atoms with Crippen LogP contribution in [-0.2, 0) is 12.8 Å². The highest BCUT2D eigenvalue weighted by molar-refractivity contribution is 5.82. The molecule has 0 N–H and O–H groups in total. The second kappa shape index (κ2) is 12.4. The monoisotopic (exact) mass is 499 g/mol. The van der Waals surface area contributed by atoms with Crippen molar-refractivity contribution in [1.29, 1.82) is 5.26 Å². The van der Waals surface area contributed by atoms with E-state index in [4.69, 9.17) is 4.74 Å². The second-order valence-corrected chi connectivity index (χ2v) is 11.4. The molecule has 0 aliphatic rings. The average molecular weight is 500 g/mol. The largest absolute Gasteiger partial charge is 0.496 e. The van der Waals surface area contributed by atoms with Crippen LogP contribution in [0.2, 0.25) is 0 Å². The van der Waals surface area contributed by atoms with E-state index in [-0.39, 0.29) is 17.7 Å². The summed E-state index contributed by atoms with van der Waals surface area (Å²) in [6.07, 6.45) is 2.59. The Morgan fingerprint density at radius 3 is 2.16 bits per heavy atom. The maximum absolute atomic E-state index is 17.1. The van der Waals surface area contributed by atoms with Gasteiger partial charge in [0.1, 0.15) is 11.6 Å². The van der Waals surface area contributed by atoms with Crippen LogP contribution < -0.4 is 4.74 Å². The van der Waals surface area contributed by atoms with E-state index in [1.165, 1.54) is 5.56 Å². The number of nitriles is 1. The van der Waals surface area contributed by atoms with Crippen molar-refractivity contribution < 1.29 is 9.13 Å². The van der Waals surface area contributed by atoms with Crippen molar-refractivity contribution >= 4 is 0 Å². The molecular formula is C34H42FNO. The van der Waals surface area contributed by atoms with Crippen LogP contribution in [0, 0.1) is 34.9 Å². The molecule has 0 saturated heterocycles. The Bertz CT molecular complexity index is 1270. The maximum Gasteiger partial charge on any atom is 0.138 e. The number of hydrogen-bond acceptors (Lipinski definition) is 2. The normalized spacial score (nSPS) is 12.3. The van der Waals surface area contributed by atoms with Crippen molar-refractivity contribution in [3.63, 3.8) is 0 Å². The molecule has 0 aliphatic heterocycles. The average Bonchev–Trinajstić information content (AvgIpc) is 2.84. The van der Waals surface area contributed by atoms with Gasteiger partial charge < -0.3 is 4.74 Å². The van der Waals surface area contributed by atoms with Gasteiger partial charge in [-0.1, -0.05) is 78.8 Å². The third-order valence-electron chi connectivity index (χ3n) is 7.12. The van der Waals surface area contributed by atoms with E-state index in [0.717, 1.165) is 47.1 Å². The lowest BCUT2D eigenvalue weighted by Gasteiger charge is -2.27. The maximum atomic E-state index is 17.1. The summed E-state index contributed by atoms with van der Waals surface area (Å²) in [6, 6.07) is 18.4. The van der Waals surface area contributed by atoms with Crippen LogP contribution in [0.4, 0.5) is 4.39 Å². The zero-order valence-electron chi connectivity index (χ0n) is 23.8. The molecule has 1 unspecified atom stereocenters. The molecule has 0 fully saturated rings. The number of ether oxygens (including phenoxy) is 1. The van der Waals surface area contributed by atoms with Gasteiger partial charge in [-0.05, 0) is 94.5 Å². The van der Waals surface area contributed by atoms with Crippen LogP contribution >= 0.6 is 0 Å². The molecule has 3 aromatic rings. The van der Waals surface area contributed by atoms with Gasteiger partial charge in [0.15, 0.2) is 0 Å². The van der Waals surface area contributed by atoms with Gasteiger partial charge in [0.25, 0.3) is 0 Å². The van der Waals surface area contributed by atoms with E-state index in [2.05, 4.69) is 78.8 Å². The Morgan fingerprint density at radius 1 is 0.892 bits per heavy atom. The van der Waals surface area contributed by atoms with Crippen molar-refractivity contribution in [3.8, 4) is 34.1 Å². The molecular weight excluding hydrogens is 457 g/mol. The van der Waals surface area contributed by atoms with Crippen LogP contribution in [0.25, 0.3) is 22.3 Å². The molecule has 0 saturated carbocycles. The number of nitrogens with zero attached hydrogens (tertiary/aromatic N) is 1. The molecule has 3 aromatic carbocycles. The molecule has 2 nitrogen and oxygen atoms in total. The van der Waals surface area contributed by atoms with Gasteiger partial charge in [0.2, 0.25) is 0 Å². The Kier molecular flexibility index (Phi) is 9.55. The third kappa shape index (κ3) is 6.42. The predicted octanol–water partition coefficient (Wildman–Crippen LogP) is 9.59. The molecule has 0 spiro atoms. The second-order valence-electron chi connectivity index (χ2n) is 11.4. The van der Waals surface area contributed by atoms with Crippen LogP contribution in [0.3, 0.4) is 0 Å². The number of methoxy groups -OCH3 is 1. The van der Waals surface area contributed by atoms with Gasteiger partial charge in [0, 0.05) is 0 Å². The van der Waals surface area contributed by atoms with Crippen molar-refractivity contribution in [2.75, 3.05) is 7.11 Å². The molecule has 196 valence electrons. The first-order valence-corrected chi connectivity index (χ1v) is 13.6. The minimum atomic E-state index is -0.232. The minimum absolute atomic E-state index is 0.0427. The van der Waals surface area contributed by atoms with Gasteiger partial charge in [-0.2, -0.15) is 5.26 Å². The molecule has 1 atom stereocenters. The highest BCUT2D eigenvalue weighted by Gasteiger charge is 2.29. The van der Waals surface area contributed by atoms with Gasteiger partial charge in [-0.15, -0.1) is 0 Å². The summed E-state index contributed by atoms with van der Waals surface area (Å²) in [6.45, 7) is 15.2. The molecule has 0 radical (unpaired) electrons. The first kappa shape index (κ1) is 28.5. The summed E-state index contributed by atoms with van der Waals surface area (Å²) >= 11 is 0. The Labute approximate surface area is 223 Å². The number of halogens is 1. The standard InChI is InChI=1S/C34H42FNO/c1-9-28(23(6)7)32-30(26-12-10-11-24(17-26)15-21(2)3)19-31(37-8)33(34(32)35)29-18-25(20-36)13-14-27(29)16-22(4)5/h10-14,17-19,21-23,28H,9,15-16H2,1-8H3. The molecule has 37 heavy (non-hydrogen) atoms. The fourth-order valence-electron chi connectivity index (χ4n) is 5.50. The summed E-state index contributed by atoms with van der Waals surface area (Å²) in [5.74, 6) is 1.50. The van der Waals surface area contributed by atoms with E-state index >= 15 is 4.39 Å². The predicted molar refractivity (Wildman–Crippen MR) is 153 cm³/mol. The van der Waals surface area contributed by atoms with E-state index < -0.39 is 0 Å². The lowest BCUT2D eigenvalue weighted by atomic mass is 9.79. The zero-order chi connectivity index (χ0) is 27.3. The minimum Gasteiger partial charge on any atom is -0.496 e. The molecule has 3 rings (SSSR count). The van der Waals surface area contributed by atoms with Crippen LogP contribution in [0.5, 0.6) is 5.75 Å². The highest BCUT2D eigenvalue weighted by atomic mass is 19.1. The van der Waals surface area contributed by atoms with E-state index in [1.807, 2.05) is 24.3 Å². The fraction of sp³-hybridized carbons (Fsp3) is 0.441. The molecule has 0 aliphatic carbocycles. The molecule has 0 bridgehead atoms. The smallest absolute Gasteiger partial charge is 0.138 e. The van der Waals surface area contributed by atoms with Crippen molar-refractivity contribution in [1.82, 2.24) is 0 Å². The Hall–Kier alpha value is -3.12. The van der Waals surface area contributed by atoms with Crippen LogP contribution in [-0.4, -0.2) is 7.11 Å². The van der Waals surface area contributed by atoms with E-state index in [9.17, 15) is 5.26 Å². The van der Waals surface area contributed by atoms with Crippen molar-refractivity contribution in [2.24, 2.45) is 17.8 Å².